The smallest absolute Gasteiger partial charge is 0.255 e. The van der Waals surface area contributed by atoms with E-state index >= 15 is 0 Å². The molecule has 4 heterocycles. The Kier molecular flexibility index (Phi) is 5.07. The minimum atomic E-state index is -0.126. The topological polar surface area (TPSA) is 99.3 Å². The number of nitrogens with one attached hydrogen (secondary N) is 3. The Morgan fingerprint density at radius 1 is 1.23 bits per heavy atom. The molecule has 2 amide bonds. The van der Waals surface area contributed by atoms with E-state index in [2.05, 4.69) is 32.5 Å². The Morgan fingerprint density at radius 3 is 2.90 bits per heavy atom. The van der Waals surface area contributed by atoms with Crippen molar-refractivity contribution in [2.24, 2.45) is 5.92 Å². The molecule has 3 aromatic rings. The number of piperidine rings is 1. The van der Waals surface area contributed by atoms with E-state index in [4.69, 9.17) is 4.74 Å². The van der Waals surface area contributed by atoms with Crippen LogP contribution in [0.2, 0.25) is 0 Å². The van der Waals surface area contributed by atoms with E-state index in [1.165, 1.54) is 0 Å². The molecule has 0 bridgehead atoms. The van der Waals surface area contributed by atoms with E-state index in [9.17, 15) is 9.59 Å². The van der Waals surface area contributed by atoms with Crippen LogP contribution in [-0.4, -0.2) is 60.0 Å². The number of ether oxygens (including phenoxy) is 1. The summed E-state index contributed by atoms with van der Waals surface area (Å²) in [6.07, 6.45) is 5.31. The molecule has 2 aromatic heterocycles. The van der Waals surface area contributed by atoms with Crippen molar-refractivity contribution in [3.63, 3.8) is 0 Å². The maximum atomic E-state index is 12.7. The second kappa shape index (κ2) is 8.03. The van der Waals surface area contributed by atoms with Crippen LogP contribution in [0.25, 0.3) is 22.2 Å². The summed E-state index contributed by atoms with van der Waals surface area (Å²) in [5.41, 5.74) is 3.81. The molecule has 1 fully saturated rings. The van der Waals surface area contributed by atoms with Crippen molar-refractivity contribution in [1.29, 1.82) is 0 Å². The van der Waals surface area contributed by atoms with Crippen molar-refractivity contribution >= 4 is 28.5 Å². The third-order valence-electron chi connectivity index (χ3n) is 6.07. The molecule has 0 atom stereocenters. The lowest BCUT2D eigenvalue weighted by Gasteiger charge is -2.28. The normalized spacial score (nSPS) is 17.5. The van der Waals surface area contributed by atoms with Crippen LogP contribution < -0.4 is 15.4 Å². The predicted octanol–water partition coefficient (Wildman–Crippen LogP) is 2.63. The van der Waals surface area contributed by atoms with Crippen LogP contribution in [0, 0.1) is 5.92 Å². The molecule has 0 radical (unpaired) electrons. The summed E-state index contributed by atoms with van der Waals surface area (Å²) in [7, 11) is 2.08. The first-order valence-electron chi connectivity index (χ1n) is 10.6. The number of aromatic nitrogens is 2. The van der Waals surface area contributed by atoms with Crippen LogP contribution in [0.5, 0.6) is 5.75 Å². The van der Waals surface area contributed by atoms with Gasteiger partial charge in [0.25, 0.3) is 5.91 Å². The molecular formula is C23H25N5O3. The predicted molar refractivity (Wildman–Crippen MR) is 118 cm³/mol. The lowest BCUT2D eigenvalue weighted by molar-refractivity contribution is -0.121. The lowest BCUT2D eigenvalue weighted by atomic mass is 9.96. The van der Waals surface area contributed by atoms with Crippen LogP contribution in [0.1, 0.15) is 23.2 Å². The molecule has 2 aliphatic rings. The molecule has 2 aliphatic heterocycles. The van der Waals surface area contributed by atoms with Gasteiger partial charge in [0.15, 0.2) is 0 Å². The number of anilines is 1. The molecule has 3 N–H and O–H groups in total. The van der Waals surface area contributed by atoms with E-state index in [1.807, 2.05) is 24.4 Å². The first-order valence-corrected chi connectivity index (χ1v) is 10.6. The average molecular weight is 419 g/mol. The molecule has 160 valence electrons. The van der Waals surface area contributed by atoms with Crippen molar-refractivity contribution < 1.29 is 14.3 Å². The number of H-pyrrole nitrogens is 1. The number of aromatic amines is 1. The van der Waals surface area contributed by atoms with Gasteiger partial charge in [-0.25, -0.2) is 4.98 Å². The van der Waals surface area contributed by atoms with Gasteiger partial charge in [-0.3, -0.25) is 9.59 Å². The van der Waals surface area contributed by atoms with Gasteiger partial charge in [-0.2, -0.15) is 0 Å². The third-order valence-corrected chi connectivity index (χ3v) is 6.07. The SMILES string of the molecule is CN1CCC(C(=O)Nc2cnc3[nH]cc(-c4ccc5c(c4)OCCNC5=O)c3c2)CC1. The van der Waals surface area contributed by atoms with Gasteiger partial charge in [-0.05, 0) is 56.7 Å². The molecule has 1 saturated heterocycles. The summed E-state index contributed by atoms with van der Waals surface area (Å²) < 4.78 is 5.75. The monoisotopic (exact) mass is 419 g/mol. The molecule has 8 nitrogen and oxygen atoms in total. The minimum Gasteiger partial charge on any atom is -0.491 e. The summed E-state index contributed by atoms with van der Waals surface area (Å²) in [5.74, 6) is 0.529. The molecule has 1 aromatic carbocycles. The number of amides is 2. The van der Waals surface area contributed by atoms with Crippen molar-refractivity contribution in [3.05, 3.63) is 42.2 Å². The lowest BCUT2D eigenvalue weighted by Crippen LogP contribution is -2.35. The number of carbonyl (C=O) groups is 2. The third kappa shape index (κ3) is 3.86. The van der Waals surface area contributed by atoms with E-state index in [0.717, 1.165) is 48.1 Å². The Balaban J connectivity index is 1.42. The molecule has 0 spiro atoms. The number of pyridine rings is 1. The van der Waals surface area contributed by atoms with Crippen LogP contribution in [-0.2, 0) is 4.79 Å². The zero-order valence-corrected chi connectivity index (χ0v) is 17.4. The van der Waals surface area contributed by atoms with Crippen molar-refractivity contribution in [2.75, 3.05) is 38.6 Å². The Labute approximate surface area is 180 Å². The van der Waals surface area contributed by atoms with Gasteiger partial charge in [-0.15, -0.1) is 0 Å². The highest BCUT2D eigenvalue weighted by Crippen LogP contribution is 2.33. The van der Waals surface area contributed by atoms with E-state index in [1.54, 1.807) is 12.3 Å². The Hall–Kier alpha value is -3.39. The number of carbonyl (C=O) groups excluding carboxylic acids is 2. The van der Waals surface area contributed by atoms with Crippen molar-refractivity contribution in [2.45, 2.75) is 12.8 Å². The number of hydrogen-bond donors (Lipinski definition) is 3. The minimum absolute atomic E-state index is 0.0328. The van der Waals surface area contributed by atoms with Crippen LogP contribution in [0.15, 0.2) is 36.7 Å². The molecule has 8 heteroatoms. The average Bonchev–Trinajstić information content (AvgIpc) is 3.11. The molecule has 5 rings (SSSR count). The highest BCUT2D eigenvalue weighted by atomic mass is 16.5. The van der Waals surface area contributed by atoms with E-state index in [-0.39, 0.29) is 17.7 Å². The van der Waals surface area contributed by atoms with Crippen molar-refractivity contribution in [1.82, 2.24) is 20.2 Å². The fourth-order valence-electron chi connectivity index (χ4n) is 4.24. The van der Waals surface area contributed by atoms with Gasteiger partial charge in [0, 0.05) is 23.1 Å². The number of rotatable bonds is 3. The molecule has 0 unspecified atom stereocenters. The van der Waals surface area contributed by atoms with Gasteiger partial charge in [0.2, 0.25) is 5.91 Å². The van der Waals surface area contributed by atoms with Gasteiger partial charge in [0.1, 0.15) is 18.0 Å². The van der Waals surface area contributed by atoms with Crippen LogP contribution >= 0.6 is 0 Å². The maximum absolute atomic E-state index is 12.7. The fraction of sp³-hybridized carbons (Fsp3) is 0.348. The van der Waals surface area contributed by atoms with E-state index < -0.39 is 0 Å². The molecule has 31 heavy (non-hydrogen) atoms. The highest BCUT2D eigenvalue weighted by Gasteiger charge is 2.24. The number of fused-ring (bicyclic) bond motifs is 2. The molecule has 0 aliphatic carbocycles. The quantitative estimate of drug-likeness (QED) is 0.606. The largest absolute Gasteiger partial charge is 0.491 e. The number of nitrogens with zero attached hydrogens (tertiary/aromatic N) is 2. The van der Waals surface area contributed by atoms with Crippen molar-refractivity contribution in [3.8, 4) is 16.9 Å². The summed E-state index contributed by atoms with van der Waals surface area (Å²) in [4.78, 5) is 34.8. The van der Waals surface area contributed by atoms with Gasteiger partial charge >= 0.3 is 0 Å². The fourth-order valence-corrected chi connectivity index (χ4v) is 4.24. The number of hydrogen-bond acceptors (Lipinski definition) is 5. The van der Waals surface area contributed by atoms with Crippen LogP contribution in [0.3, 0.4) is 0 Å². The van der Waals surface area contributed by atoms with E-state index in [0.29, 0.717) is 30.2 Å². The molecule has 0 saturated carbocycles. The highest BCUT2D eigenvalue weighted by molar-refractivity contribution is 6.01. The molecular weight excluding hydrogens is 394 g/mol. The van der Waals surface area contributed by atoms with Gasteiger partial charge in [-0.1, -0.05) is 6.07 Å². The summed E-state index contributed by atoms with van der Waals surface area (Å²) >= 11 is 0. The summed E-state index contributed by atoms with van der Waals surface area (Å²) in [6, 6.07) is 7.51. The summed E-state index contributed by atoms with van der Waals surface area (Å²) in [5, 5.41) is 6.76. The maximum Gasteiger partial charge on any atom is 0.255 e. The van der Waals surface area contributed by atoms with Gasteiger partial charge in [0.05, 0.1) is 24.0 Å². The Morgan fingerprint density at radius 2 is 2.06 bits per heavy atom. The zero-order valence-electron chi connectivity index (χ0n) is 17.4. The standard InChI is InChI=1S/C23H25N5O3/c1-28-7-4-14(5-8-28)22(29)27-16-11-18-19(13-26-21(18)25-12-16)15-2-3-17-20(10-15)31-9-6-24-23(17)30/h2-3,10-14H,4-9H2,1H3,(H,24,30)(H,25,26)(H,27,29). The Bertz CT molecular complexity index is 1150. The van der Waals surface area contributed by atoms with Gasteiger partial charge < -0.3 is 25.3 Å². The number of benzene rings is 1. The number of likely N-dealkylation sites (tertiary alicyclic amines) is 1. The summed E-state index contributed by atoms with van der Waals surface area (Å²) in [6.45, 7) is 2.80. The second-order valence-corrected chi connectivity index (χ2v) is 8.20. The first-order chi connectivity index (χ1) is 15.1. The van der Waals surface area contributed by atoms with Crippen LogP contribution in [0.4, 0.5) is 5.69 Å². The zero-order chi connectivity index (χ0) is 21.4. The first kappa shape index (κ1) is 19.6. The second-order valence-electron chi connectivity index (χ2n) is 8.20.